The molecule has 1 aromatic carbocycles. The lowest BCUT2D eigenvalue weighted by molar-refractivity contribution is 0.0126. The molecule has 26 heavy (non-hydrogen) atoms. The van der Waals surface area contributed by atoms with Gasteiger partial charge in [-0.1, -0.05) is 11.6 Å². The molecular formula is C19H24ClNO5. The largest absolute Gasteiger partial charge is 0.492 e. The number of Topliss-reactive ketones (excluding diaryl/α,β-unsaturated/α-hetero) is 1. The summed E-state index contributed by atoms with van der Waals surface area (Å²) < 4.78 is 17.0. The SMILES string of the molecule is CC(C)(C)OC(=O)N1CCC(Oc2cc3c(cc2Cl)C(=O)CCO3)CC1. The Hall–Kier alpha value is -1.95. The molecule has 2 aliphatic rings. The van der Waals surface area contributed by atoms with Gasteiger partial charge >= 0.3 is 6.09 Å². The molecule has 3 rings (SSSR count). The van der Waals surface area contributed by atoms with Crippen LogP contribution >= 0.6 is 11.6 Å². The van der Waals surface area contributed by atoms with E-state index in [2.05, 4.69) is 0 Å². The number of halogens is 1. The average Bonchev–Trinajstić information content (AvgIpc) is 2.56. The fourth-order valence-corrected chi connectivity index (χ4v) is 3.22. The monoisotopic (exact) mass is 381 g/mol. The van der Waals surface area contributed by atoms with Crippen molar-refractivity contribution in [2.24, 2.45) is 0 Å². The summed E-state index contributed by atoms with van der Waals surface area (Å²) >= 11 is 6.28. The zero-order chi connectivity index (χ0) is 18.9. The maximum Gasteiger partial charge on any atom is 0.410 e. The van der Waals surface area contributed by atoms with E-state index in [1.54, 1.807) is 17.0 Å². The van der Waals surface area contributed by atoms with Gasteiger partial charge in [-0.2, -0.15) is 0 Å². The van der Waals surface area contributed by atoms with Crippen molar-refractivity contribution >= 4 is 23.5 Å². The van der Waals surface area contributed by atoms with Crippen molar-refractivity contribution in [3.8, 4) is 11.5 Å². The first kappa shape index (κ1) is 18.8. The van der Waals surface area contributed by atoms with Crippen LogP contribution in [0.4, 0.5) is 4.79 Å². The molecule has 1 saturated heterocycles. The van der Waals surface area contributed by atoms with E-state index in [0.29, 0.717) is 61.0 Å². The van der Waals surface area contributed by atoms with E-state index < -0.39 is 5.60 Å². The van der Waals surface area contributed by atoms with Gasteiger partial charge in [-0.25, -0.2) is 4.79 Å². The fourth-order valence-electron chi connectivity index (χ4n) is 3.01. The summed E-state index contributed by atoms with van der Waals surface area (Å²) in [6.45, 7) is 7.07. The third-order valence-corrected chi connectivity index (χ3v) is 4.60. The minimum absolute atomic E-state index is 0.0327. The van der Waals surface area contributed by atoms with Crippen LogP contribution in [0.2, 0.25) is 5.02 Å². The van der Waals surface area contributed by atoms with Crippen molar-refractivity contribution in [2.75, 3.05) is 19.7 Å². The van der Waals surface area contributed by atoms with Gasteiger partial charge in [-0.15, -0.1) is 0 Å². The molecule has 0 saturated carbocycles. The van der Waals surface area contributed by atoms with Crippen LogP contribution in [0.15, 0.2) is 12.1 Å². The van der Waals surface area contributed by atoms with Gasteiger partial charge < -0.3 is 19.1 Å². The molecule has 6 nitrogen and oxygen atoms in total. The molecule has 0 aliphatic carbocycles. The highest BCUT2D eigenvalue weighted by atomic mass is 35.5. The maximum atomic E-state index is 12.1. The number of fused-ring (bicyclic) bond motifs is 1. The predicted octanol–water partition coefficient (Wildman–Crippen LogP) is 4.08. The van der Waals surface area contributed by atoms with Gasteiger partial charge in [-0.3, -0.25) is 4.79 Å². The van der Waals surface area contributed by atoms with E-state index >= 15 is 0 Å². The molecule has 7 heteroatoms. The Morgan fingerprint density at radius 2 is 1.96 bits per heavy atom. The number of rotatable bonds is 2. The van der Waals surface area contributed by atoms with Gasteiger partial charge in [-0.05, 0) is 26.8 Å². The second-order valence-corrected chi connectivity index (χ2v) is 7.99. The number of hydrogen-bond acceptors (Lipinski definition) is 5. The van der Waals surface area contributed by atoms with Crippen molar-refractivity contribution < 1.29 is 23.8 Å². The van der Waals surface area contributed by atoms with Crippen molar-refractivity contribution in [1.29, 1.82) is 0 Å². The third-order valence-electron chi connectivity index (χ3n) is 4.31. The van der Waals surface area contributed by atoms with Crippen LogP contribution in [-0.4, -0.2) is 48.2 Å². The Morgan fingerprint density at radius 1 is 1.27 bits per heavy atom. The summed E-state index contributed by atoms with van der Waals surface area (Å²) in [7, 11) is 0. The molecule has 1 fully saturated rings. The Balaban J connectivity index is 1.60. The van der Waals surface area contributed by atoms with E-state index in [0.717, 1.165) is 0 Å². The maximum absolute atomic E-state index is 12.1. The van der Waals surface area contributed by atoms with Gasteiger partial charge in [0.1, 0.15) is 23.2 Å². The first-order valence-corrected chi connectivity index (χ1v) is 9.25. The van der Waals surface area contributed by atoms with Gasteiger partial charge in [0.25, 0.3) is 0 Å². The molecule has 0 N–H and O–H groups in total. The summed E-state index contributed by atoms with van der Waals surface area (Å²) in [5, 5.41) is 0.400. The number of nitrogens with zero attached hydrogens (tertiary/aromatic N) is 1. The number of ether oxygens (including phenoxy) is 3. The molecule has 0 atom stereocenters. The molecule has 1 amide bonds. The van der Waals surface area contributed by atoms with E-state index in [9.17, 15) is 9.59 Å². The van der Waals surface area contributed by atoms with Crippen LogP contribution in [0.1, 0.15) is 50.4 Å². The fraction of sp³-hybridized carbons (Fsp3) is 0.579. The standard InChI is InChI=1S/C19H24ClNO5/c1-19(2,3)26-18(23)21-7-4-12(5-8-21)25-17-11-16-13(10-14(17)20)15(22)6-9-24-16/h10-12H,4-9H2,1-3H3. The number of likely N-dealkylation sites (tertiary alicyclic amines) is 1. The van der Waals surface area contributed by atoms with Gasteiger partial charge in [0.2, 0.25) is 0 Å². The minimum Gasteiger partial charge on any atom is -0.492 e. The zero-order valence-electron chi connectivity index (χ0n) is 15.3. The molecule has 2 heterocycles. The minimum atomic E-state index is -0.501. The highest BCUT2D eigenvalue weighted by Gasteiger charge is 2.28. The molecule has 2 aliphatic heterocycles. The average molecular weight is 382 g/mol. The third kappa shape index (κ3) is 4.41. The summed E-state index contributed by atoms with van der Waals surface area (Å²) in [5.74, 6) is 1.06. The van der Waals surface area contributed by atoms with Crippen molar-refractivity contribution in [3.63, 3.8) is 0 Å². The van der Waals surface area contributed by atoms with Crippen LogP contribution in [0.5, 0.6) is 11.5 Å². The Morgan fingerprint density at radius 3 is 2.62 bits per heavy atom. The zero-order valence-corrected chi connectivity index (χ0v) is 16.1. The van der Waals surface area contributed by atoms with Crippen LogP contribution < -0.4 is 9.47 Å². The second kappa shape index (κ2) is 7.35. The highest BCUT2D eigenvalue weighted by Crippen LogP contribution is 2.36. The number of carbonyl (C=O) groups is 2. The summed E-state index contributed by atoms with van der Waals surface area (Å²) in [6, 6.07) is 3.30. The molecule has 142 valence electrons. The first-order chi connectivity index (χ1) is 12.2. The van der Waals surface area contributed by atoms with Gasteiger partial charge in [0, 0.05) is 38.4 Å². The quantitative estimate of drug-likeness (QED) is 0.772. The van der Waals surface area contributed by atoms with E-state index in [1.165, 1.54) is 0 Å². The molecule has 0 spiro atoms. The number of hydrogen-bond donors (Lipinski definition) is 0. The lowest BCUT2D eigenvalue weighted by atomic mass is 10.0. The summed E-state index contributed by atoms with van der Waals surface area (Å²) in [6.07, 6.45) is 1.39. The molecule has 0 unspecified atom stereocenters. The normalized spacial score (nSPS) is 18.2. The molecule has 0 aromatic heterocycles. The predicted molar refractivity (Wildman–Crippen MR) is 97.4 cm³/mol. The lowest BCUT2D eigenvalue weighted by Gasteiger charge is -2.33. The molecule has 0 bridgehead atoms. The lowest BCUT2D eigenvalue weighted by Crippen LogP contribution is -2.44. The van der Waals surface area contributed by atoms with E-state index in [-0.39, 0.29) is 18.0 Å². The first-order valence-electron chi connectivity index (χ1n) is 8.87. The Kier molecular flexibility index (Phi) is 5.32. The van der Waals surface area contributed by atoms with E-state index in [4.69, 9.17) is 25.8 Å². The summed E-state index contributed by atoms with van der Waals surface area (Å²) in [4.78, 5) is 25.7. The van der Waals surface area contributed by atoms with Crippen LogP contribution in [0, 0.1) is 0 Å². The summed E-state index contributed by atoms with van der Waals surface area (Å²) in [5.41, 5.74) is 0.00626. The van der Waals surface area contributed by atoms with Gasteiger partial charge in [0.15, 0.2) is 5.78 Å². The smallest absolute Gasteiger partial charge is 0.410 e. The number of carbonyl (C=O) groups excluding carboxylic acids is 2. The molecular weight excluding hydrogens is 358 g/mol. The number of piperidine rings is 1. The molecule has 1 aromatic rings. The highest BCUT2D eigenvalue weighted by molar-refractivity contribution is 6.32. The Labute approximate surface area is 158 Å². The molecule has 0 radical (unpaired) electrons. The number of amides is 1. The number of ketones is 1. The Bertz CT molecular complexity index is 705. The van der Waals surface area contributed by atoms with Crippen LogP contribution in [-0.2, 0) is 4.74 Å². The van der Waals surface area contributed by atoms with Gasteiger partial charge in [0.05, 0.1) is 17.2 Å². The van der Waals surface area contributed by atoms with Crippen molar-refractivity contribution in [1.82, 2.24) is 4.90 Å². The van der Waals surface area contributed by atoms with Crippen molar-refractivity contribution in [3.05, 3.63) is 22.7 Å². The topological polar surface area (TPSA) is 65.1 Å². The van der Waals surface area contributed by atoms with Crippen LogP contribution in [0.25, 0.3) is 0 Å². The number of benzene rings is 1. The second-order valence-electron chi connectivity index (χ2n) is 7.59. The van der Waals surface area contributed by atoms with Crippen molar-refractivity contribution in [2.45, 2.75) is 51.7 Å². The van der Waals surface area contributed by atoms with E-state index in [1.807, 2.05) is 20.8 Å². The van der Waals surface area contributed by atoms with Crippen LogP contribution in [0.3, 0.4) is 0 Å².